The molecule has 2 amide bonds. The molecule has 3 aromatic rings. The van der Waals surface area contributed by atoms with E-state index in [1.54, 1.807) is 13.8 Å². The Morgan fingerprint density at radius 2 is 1.68 bits per heavy atom. The molecule has 0 saturated heterocycles. The summed E-state index contributed by atoms with van der Waals surface area (Å²) in [7, 11) is -4.07. The summed E-state index contributed by atoms with van der Waals surface area (Å²) >= 11 is 0. The summed E-state index contributed by atoms with van der Waals surface area (Å²) in [4.78, 5) is 38.5. The van der Waals surface area contributed by atoms with Gasteiger partial charge in [-0.15, -0.1) is 0 Å². The van der Waals surface area contributed by atoms with E-state index in [9.17, 15) is 27.2 Å². The highest BCUT2D eigenvalue weighted by atomic mass is 32.2. The minimum atomic E-state index is -4.07. The predicted octanol–water partition coefficient (Wildman–Crippen LogP) is 1.88. The molecule has 11 heteroatoms. The molecule has 0 aliphatic carbocycles. The molecule has 0 radical (unpaired) electrons. The summed E-state index contributed by atoms with van der Waals surface area (Å²) in [6, 6.07) is 9.57. The van der Waals surface area contributed by atoms with Crippen molar-refractivity contribution in [2.75, 3.05) is 4.72 Å². The van der Waals surface area contributed by atoms with Gasteiger partial charge in [0.1, 0.15) is 5.82 Å². The molecule has 1 aromatic heterocycles. The molecular weight excluding hydrogens is 427 g/mol. The van der Waals surface area contributed by atoms with Gasteiger partial charge in [0.25, 0.3) is 15.9 Å². The van der Waals surface area contributed by atoms with Crippen LogP contribution in [-0.2, 0) is 14.8 Å². The lowest BCUT2D eigenvalue weighted by Gasteiger charge is -2.12. The number of hydrogen-bond donors (Lipinski definition) is 4. The number of nitrogens with one attached hydrogen (secondary N) is 4. The van der Waals surface area contributed by atoms with Gasteiger partial charge >= 0.3 is 0 Å². The van der Waals surface area contributed by atoms with Gasteiger partial charge in [-0.1, -0.05) is 13.8 Å². The molecule has 0 fully saturated rings. The number of pyridine rings is 1. The second kappa shape index (κ2) is 8.56. The number of rotatable bonds is 5. The number of aromatic amines is 1. The number of carbonyl (C=O) groups excluding carboxylic acids is 2. The summed E-state index contributed by atoms with van der Waals surface area (Å²) in [5.74, 6) is -2.12. The smallest absolute Gasteiger partial charge is 0.270 e. The minimum absolute atomic E-state index is 0.123. The Labute approximate surface area is 176 Å². The summed E-state index contributed by atoms with van der Waals surface area (Å²) < 4.78 is 40.8. The summed E-state index contributed by atoms with van der Waals surface area (Å²) in [6.45, 7) is 3.27. The number of sulfonamides is 1. The maximum atomic E-state index is 13.1. The molecule has 0 bridgehead atoms. The van der Waals surface area contributed by atoms with Crippen LogP contribution in [0.25, 0.3) is 10.9 Å². The Kier molecular flexibility index (Phi) is 6.07. The molecular formula is C20H19FN4O5S. The van der Waals surface area contributed by atoms with Crippen molar-refractivity contribution in [3.05, 3.63) is 70.3 Å². The first-order valence-corrected chi connectivity index (χ1v) is 10.6. The molecule has 4 N–H and O–H groups in total. The molecule has 0 atom stereocenters. The highest BCUT2D eigenvalue weighted by Crippen LogP contribution is 2.22. The van der Waals surface area contributed by atoms with Gasteiger partial charge in [-0.3, -0.25) is 30.0 Å². The van der Waals surface area contributed by atoms with Crippen molar-refractivity contribution in [2.24, 2.45) is 5.92 Å². The Balaban J connectivity index is 1.98. The van der Waals surface area contributed by atoms with Crippen molar-refractivity contribution in [3.8, 4) is 0 Å². The van der Waals surface area contributed by atoms with E-state index < -0.39 is 33.2 Å². The Bertz CT molecular complexity index is 1320. The third-order valence-corrected chi connectivity index (χ3v) is 5.67. The van der Waals surface area contributed by atoms with E-state index >= 15 is 0 Å². The maximum Gasteiger partial charge on any atom is 0.270 e. The minimum Gasteiger partial charge on any atom is -0.322 e. The van der Waals surface area contributed by atoms with Crippen molar-refractivity contribution >= 4 is 38.4 Å². The fourth-order valence-corrected chi connectivity index (χ4v) is 3.73. The van der Waals surface area contributed by atoms with Crippen LogP contribution in [0.2, 0.25) is 0 Å². The van der Waals surface area contributed by atoms with Crippen LogP contribution >= 0.6 is 0 Å². The number of halogens is 1. The van der Waals surface area contributed by atoms with E-state index in [-0.39, 0.29) is 33.0 Å². The molecule has 1 heterocycles. The van der Waals surface area contributed by atoms with E-state index in [1.165, 1.54) is 30.3 Å². The SMILES string of the molecule is CC(C)C(=O)NNC(=O)c1cc(=O)[nH]c2ccc(S(=O)(=O)Nc3ccc(F)cc3)cc12. The quantitative estimate of drug-likeness (QED) is 0.444. The van der Waals surface area contributed by atoms with Gasteiger partial charge in [-0.25, -0.2) is 12.8 Å². The van der Waals surface area contributed by atoms with Crippen molar-refractivity contribution in [1.82, 2.24) is 15.8 Å². The summed E-state index contributed by atoms with van der Waals surface area (Å²) in [6.07, 6.45) is 0. The second-order valence-corrected chi connectivity index (χ2v) is 8.65. The van der Waals surface area contributed by atoms with Crippen LogP contribution in [0.15, 0.2) is 58.2 Å². The normalized spacial score (nSPS) is 11.4. The van der Waals surface area contributed by atoms with Gasteiger partial charge in [0.2, 0.25) is 11.5 Å². The number of carbonyl (C=O) groups is 2. The van der Waals surface area contributed by atoms with Gasteiger partial charge in [0, 0.05) is 28.6 Å². The number of H-pyrrole nitrogens is 1. The summed E-state index contributed by atoms with van der Waals surface area (Å²) in [5, 5.41) is 0.151. The Morgan fingerprint density at radius 1 is 1.00 bits per heavy atom. The fraction of sp³-hybridized carbons (Fsp3) is 0.150. The third-order valence-electron chi connectivity index (χ3n) is 4.29. The number of anilines is 1. The Hall–Kier alpha value is -3.73. The number of hydrogen-bond acceptors (Lipinski definition) is 5. The van der Waals surface area contributed by atoms with Crippen LogP contribution in [0.4, 0.5) is 10.1 Å². The van der Waals surface area contributed by atoms with Crippen molar-refractivity contribution in [1.29, 1.82) is 0 Å². The number of aromatic nitrogens is 1. The standard InChI is InChI=1S/C20H19FN4O5S/c1-11(2)19(27)23-24-20(28)16-10-18(26)22-17-8-7-14(9-15(16)17)31(29,30)25-13-5-3-12(21)4-6-13/h3-11,25H,1-2H3,(H,22,26)(H,23,27)(H,24,28). The zero-order valence-electron chi connectivity index (χ0n) is 16.5. The van der Waals surface area contributed by atoms with Crippen molar-refractivity contribution < 1.29 is 22.4 Å². The van der Waals surface area contributed by atoms with Crippen LogP contribution in [0, 0.1) is 11.7 Å². The number of benzene rings is 2. The zero-order chi connectivity index (χ0) is 22.8. The number of hydrazine groups is 1. The highest BCUT2D eigenvalue weighted by Gasteiger charge is 2.19. The molecule has 9 nitrogen and oxygen atoms in total. The van der Waals surface area contributed by atoms with Gasteiger partial charge < -0.3 is 4.98 Å². The molecule has 2 aromatic carbocycles. The number of fused-ring (bicyclic) bond motifs is 1. The van der Waals surface area contributed by atoms with E-state index in [1.807, 2.05) is 0 Å². The van der Waals surface area contributed by atoms with Crippen LogP contribution < -0.4 is 21.1 Å². The van der Waals surface area contributed by atoms with Crippen LogP contribution in [0.3, 0.4) is 0 Å². The van der Waals surface area contributed by atoms with Gasteiger partial charge in [-0.05, 0) is 42.5 Å². The average Bonchev–Trinajstić information content (AvgIpc) is 2.72. The van der Waals surface area contributed by atoms with E-state index in [2.05, 4.69) is 20.6 Å². The van der Waals surface area contributed by atoms with Gasteiger partial charge in [0.05, 0.1) is 10.5 Å². The van der Waals surface area contributed by atoms with Gasteiger partial charge in [0.15, 0.2) is 0 Å². The molecule has 0 unspecified atom stereocenters. The lowest BCUT2D eigenvalue weighted by molar-refractivity contribution is -0.124. The Morgan fingerprint density at radius 3 is 2.32 bits per heavy atom. The lowest BCUT2D eigenvalue weighted by atomic mass is 10.1. The van der Waals surface area contributed by atoms with Gasteiger partial charge in [-0.2, -0.15) is 0 Å². The first-order valence-electron chi connectivity index (χ1n) is 9.12. The molecule has 0 aliphatic rings. The average molecular weight is 446 g/mol. The monoisotopic (exact) mass is 446 g/mol. The first-order chi connectivity index (χ1) is 14.6. The van der Waals surface area contributed by atoms with E-state index in [0.29, 0.717) is 0 Å². The molecule has 31 heavy (non-hydrogen) atoms. The van der Waals surface area contributed by atoms with Crippen LogP contribution in [0.1, 0.15) is 24.2 Å². The van der Waals surface area contributed by atoms with E-state index in [0.717, 1.165) is 18.2 Å². The molecule has 0 saturated carbocycles. The van der Waals surface area contributed by atoms with Crippen LogP contribution in [-0.4, -0.2) is 25.2 Å². The molecule has 0 aliphatic heterocycles. The lowest BCUT2D eigenvalue weighted by Crippen LogP contribution is -2.43. The van der Waals surface area contributed by atoms with E-state index in [4.69, 9.17) is 0 Å². The highest BCUT2D eigenvalue weighted by molar-refractivity contribution is 7.92. The summed E-state index contributed by atoms with van der Waals surface area (Å²) in [5.41, 5.74) is 4.13. The van der Waals surface area contributed by atoms with Crippen molar-refractivity contribution in [3.63, 3.8) is 0 Å². The predicted molar refractivity (Wildman–Crippen MR) is 112 cm³/mol. The molecule has 162 valence electrons. The molecule has 3 rings (SSSR count). The number of amides is 2. The zero-order valence-corrected chi connectivity index (χ0v) is 17.3. The first kappa shape index (κ1) is 22.0. The maximum absolute atomic E-state index is 13.1. The fourth-order valence-electron chi connectivity index (χ4n) is 2.65. The molecule has 0 spiro atoms. The topological polar surface area (TPSA) is 137 Å². The third kappa shape index (κ3) is 5.07. The van der Waals surface area contributed by atoms with Crippen LogP contribution in [0.5, 0.6) is 0 Å². The largest absolute Gasteiger partial charge is 0.322 e. The second-order valence-electron chi connectivity index (χ2n) is 6.97. The van der Waals surface area contributed by atoms with Crippen molar-refractivity contribution in [2.45, 2.75) is 18.7 Å².